The number of fused-ring (bicyclic) bond motifs is 2. The summed E-state index contributed by atoms with van der Waals surface area (Å²) in [5.74, 6) is 1.91. The molecule has 2 atom stereocenters. The van der Waals surface area contributed by atoms with E-state index >= 15 is 0 Å². The van der Waals surface area contributed by atoms with E-state index in [-0.39, 0.29) is 17.7 Å². The summed E-state index contributed by atoms with van der Waals surface area (Å²) >= 11 is 0. The number of piperidine rings is 1. The van der Waals surface area contributed by atoms with Crippen molar-refractivity contribution in [3.63, 3.8) is 0 Å². The van der Waals surface area contributed by atoms with E-state index < -0.39 is 0 Å². The average Bonchev–Trinajstić information content (AvgIpc) is 2.67. The molecule has 2 saturated heterocycles. The van der Waals surface area contributed by atoms with Crippen molar-refractivity contribution in [3.05, 3.63) is 0 Å². The molecule has 4 rings (SSSR count). The van der Waals surface area contributed by atoms with Gasteiger partial charge in [-0.05, 0) is 50.4 Å². The van der Waals surface area contributed by atoms with Crippen LogP contribution in [0.5, 0.6) is 0 Å². The largest absolute Gasteiger partial charge is 0.378 e. The van der Waals surface area contributed by atoms with Crippen molar-refractivity contribution < 1.29 is 14.3 Å². The molecule has 6 heteroatoms. The molecule has 2 unspecified atom stereocenters. The number of hydrogen-bond donors (Lipinski definition) is 1. The highest BCUT2D eigenvalue weighted by atomic mass is 16.5. The number of carbonyl (C=O) groups excluding carboxylic acids is 2. The maximum Gasteiger partial charge on any atom is 0.225 e. The van der Waals surface area contributed by atoms with Crippen LogP contribution in [-0.2, 0) is 14.3 Å². The fraction of sp³-hybridized carbons (Fsp3) is 0.900. The molecule has 0 aromatic rings. The lowest BCUT2D eigenvalue weighted by atomic mass is 9.65. The van der Waals surface area contributed by atoms with Crippen LogP contribution in [0.4, 0.5) is 0 Å². The molecule has 0 spiro atoms. The summed E-state index contributed by atoms with van der Waals surface area (Å²) in [6.45, 7) is 4.19. The monoisotopic (exact) mass is 363 g/mol. The lowest BCUT2D eigenvalue weighted by Gasteiger charge is -2.45. The quantitative estimate of drug-likeness (QED) is 0.801. The maximum absolute atomic E-state index is 13.0. The number of amides is 2. The van der Waals surface area contributed by atoms with Crippen molar-refractivity contribution >= 4 is 11.8 Å². The van der Waals surface area contributed by atoms with Crippen molar-refractivity contribution in [1.29, 1.82) is 0 Å². The highest BCUT2D eigenvalue weighted by Crippen LogP contribution is 2.42. The molecular weight excluding hydrogens is 330 g/mol. The van der Waals surface area contributed by atoms with Gasteiger partial charge in [0.25, 0.3) is 0 Å². The van der Waals surface area contributed by atoms with Gasteiger partial charge < -0.3 is 20.3 Å². The molecule has 4 fully saturated rings. The number of ether oxygens (including phenoxy) is 1. The molecule has 2 aliphatic carbocycles. The van der Waals surface area contributed by atoms with Crippen LogP contribution < -0.4 is 5.73 Å². The number of rotatable bonds is 2. The Morgan fingerprint density at radius 2 is 1.31 bits per heavy atom. The molecule has 4 aliphatic rings. The molecule has 2 bridgehead atoms. The number of hydrogen-bond acceptors (Lipinski definition) is 4. The zero-order valence-electron chi connectivity index (χ0n) is 15.8. The minimum Gasteiger partial charge on any atom is -0.378 e. The summed E-state index contributed by atoms with van der Waals surface area (Å²) in [6, 6.07) is 0.310. The van der Waals surface area contributed by atoms with E-state index in [9.17, 15) is 9.59 Å². The Hall–Kier alpha value is -1.14. The average molecular weight is 364 g/mol. The molecule has 2 amide bonds. The Bertz CT molecular complexity index is 512. The zero-order chi connectivity index (χ0) is 18.1. The van der Waals surface area contributed by atoms with Gasteiger partial charge in [-0.2, -0.15) is 0 Å². The van der Waals surface area contributed by atoms with Gasteiger partial charge >= 0.3 is 0 Å². The van der Waals surface area contributed by atoms with Crippen molar-refractivity contribution in [1.82, 2.24) is 9.80 Å². The first-order valence-corrected chi connectivity index (χ1v) is 10.5. The van der Waals surface area contributed by atoms with Gasteiger partial charge in [-0.1, -0.05) is 6.42 Å². The molecule has 0 radical (unpaired) electrons. The van der Waals surface area contributed by atoms with Crippen LogP contribution in [0.3, 0.4) is 0 Å². The number of nitrogens with two attached hydrogens (primary N) is 1. The molecular formula is C20H33N3O3. The summed E-state index contributed by atoms with van der Waals surface area (Å²) in [7, 11) is 0. The third kappa shape index (κ3) is 3.63. The van der Waals surface area contributed by atoms with Crippen molar-refractivity contribution in [3.8, 4) is 0 Å². The summed E-state index contributed by atoms with van der Waals surface area (Å²) in [5, 5.41) is 0. The minimum absolute atomic E-state index is 0.0799. The number of nitrogens with zero attached hydrogens (tertiary/aromatic N) is 2. The van der Waals surface area contributed by atoms with Crippen molar-refractivity contribution in [2.45, 2.75) is 51.0 Å². The van der Waals surface area contributed by atoms with E-state index in [1.165, 1.54) is 19.3 Å². The fourth-order valence-electron chi connectivity index (χ4n) is 5.64. The van der Waals surface area contributed by atoms with Crippen LogP contribution >= 0.6 is 0 Å². The number of likely N-dealkylation sites (tertiary alicyclic amines) is 1. The number of carbonyl (C=O) groups is 2. The van der Waals surface area contributed by atoms with Gasteiger partial charge in [0.05, 0.1) is 13.2 Å². The van der Waals surface area contributed by atoms with Gasteiger partial charge in [0, 0.05) is 44.1 Å². The summed E-state index contributed by atoms with van der Waals surface area (Å²) < 4.78 is 5.34. The number of morpholine rings is 1. The smallest absolute Gasteiger partial charge is 0.225 e. The highest BCUT2D eigenvalue weighted by Gasteiger charge is 2.42. The molecule has 6 nitrogen and oxygen atoms in total. The zero-order valence-corrected chi connectivity index (χ0v) is 15.8. The van der Waals surface area contributed by atoms with Crippen molar-refractivity contribution in [2.75, 3.05) is 39.4 Å². The molecule has 146 valence electrons. The Balaban J connectivity index is 1.29. The first-order chi connectivity index (χ1) is 12.6. The van der Waals surface area contributed by atoms with Gasteiger partial charge in [0.2, 0.25) is 11.8 Å². The van der Waals surface area contributed by atoms with Crippen LogP contribution in [-0.4, -0.2) is 67.0 Å². The predicted molar refractivity (Wildman–Crippen MR) is 98.2 cm³/mol. The topological polar surface area (TPSA) is 75.9 Å². The Labute approximate surface area is 156 Å². The van der Waals surface area contributed by atoms with Crippen molar-refractivity contribution in [2.24, 2.45) is 29.4 Å². The highest BCUT2D eigenvalue weighted by molar-refractivity contribution is 5.81. The first-order valence-electron chi connectivity index (χ1n) is 10.5. The van der Waals surface area contributed by atoms with E-state index in [1.807, 2.05) is 9.80 Å². The predicted octanol–water partition coefficient (Wildman–Crippen LogP) is 1.24. The second-order valence-electron chi connectivity index (χ2n) is 8.73. The van der Waals surface area contributed by atoms with Crippen LogP contribution in [0.1, 0.15) is 44.9 Å². The summed E-state index contributed by atoms with van der Waals surface area (Å²) in [6.07, 6.45) is 7.22. The van der Waals surface area contributed by atoms with Crippen LogP contribution in [0.2, 0.25) is 0 Å². The molecule has 0 aromatic carbocycles. The molecule has 0 aromatic heterocycles. The van der Waals surface area contributed by atoms with Gasteiger partial charge in [0.15, 0.2) is 0 Å². The third-order valence-corrected chi connectivity index (χ3v) is 7.24. The summed E-state index contributed by atoms with van der Waals surface area (Å²) in [5.41, 5.74) is 6.37. The van der Waals surface area contributed by atoms with Gasteiger partial charge in [-0.25, -0.2) is 0 Å². The molecule has 2 heterocycles. The molecule has 2 saturated carbocycles. The van der Waals surface area contributed by atoms with Gasteiger partial charge in [-0.15, -0.1) is 0 Å². The van der Waals surface area contributed by atoms with E-state index in [4.69, 9.17) is 10.5 Å². The van der Waals surface area contributed by atoms with Gasteiger partial charge in [0.1, 0.15) is 0 Å². The Kier molecular flexibility index (Phi) is 5.50. The molecule has 26 heavy (non-hydrogen) atoms. The van der Waals surface area contributed by atoms with E-state index in [2.05, 4.69) is 0 Å². The molecule has 2 aliphatic heterocycles. The standard InChI is InChI=1S/C20H33N3O3/c21-18-15-2-1-3-16(18)13-17(12-15)20(25)22-6-4-14(5-7-22)19(24)23-8-10-26-11-9-23/h14-18H,1-13,21H2. The van der Waals surface area contributed by atoms with Crippen LogP contribution in [0.15, 0.2) is 0 Å². The second-order valence-corrected chi connectivity index (χ2v) is 8.73. The summed E-state index contributed by atoms with van der Waals surface area (Å²) in [4.78, 5) is 29.7. The first kappa shape index (κ1) is 18.2. The molecule has 2 N–H and O–H groups in total. The van der Waals surface area contributed by atoms with Crippen LogP contribution in [0.25, 0.3) is 0 Å². The van der Waals surface area contributed by atoms with Gasteiger partial charge in [-0.3, -0.25) is 9.59 Å². The minimum atomic E-state index is 0.0799. The lowest BCUT2D eigenvalue weighted by molar-refractivity contribution is -0.146. The maximum atomic E-state index is 13.0. The second kappa shape index (κ2) is 7.85. The Morgan fingerprint density at radius 3 is 1.92 bits per heavy atom. The fourth-order valence-corrected chi connectivity index (χ4v) is 5.64. The van der Waals surface area contributed by atoms with E-state index in [1.54, 1.807) is 0 Å². The van der Waals surface area contributed by atoms with E-state index in [0.29, 0.717) is 50.1 Å². The van der Waals surface area contributed by atoms with E-state index in [0.717, 1.165) is 38.8 Å². The SMILES string of the molecule is NC1C2CCCC1CC(C(=O)N1CCC(C(=O)N3CCOCC3)CC1)C2. The van der Waals surface area contributed by atoms with Crippen LogP contribution in [0, 0.1) is 23.7 Å². The normalized spacial score (nSPS) is 36.0. The third-order valence-electron chi connectivity index (χ3n) is 7.24. The lowest BCUT2D eigenvalue weighted by Crippen LogP contribution is -2.52. The Morgan fingerprint density at radius 1 is 0.769 bits per heavy atom.